The fraction of sp³-hybridized carbons (Fsp3) is 0.318. The Labute approximate surface area is 181 Å². The smallest absolute Gasteiger partial charge is 0.263 e. The minimum atomic E-state index is -3.65. The second-order valence-corrected chi connectivity index (χ2v) is 9.30. The summed E-state index contributed by atoms with van der Waals surface area (Å²) in [6.45, 7) is 4.34. The molecule has 3 heterocycles. The van der Waals surface area contributed by atoms with Gasteiger partial charge in [-0.05, 0) is 30.2 Å². The third-order valence-corrected chi connectivity index (χ3v) is 6.87. The number of rotatable bonds is 7. The lowest BCUT2D eigenvalue weighted by Gasteiger charge is -2.19. The van der Waals surface area contributed by atoms with Crippen LogP contribution >= 0.6 is 0 Å². The number of amidine groups is 1. The highest BCUT2D eigenvalue weighted by molar-refractivity contribution is 7.90. The predicted molar refractivity (Wildman–Crippen MR) is 118 cm³/mol. The maximum Gasteiger partial charge on any atom is 0.263 e. The first kappa shape index (κ1) is 21.0. The fourth-order valence-corrected chi connectivity index (χ4v) is 4.80. The maximum absolute atomic E-state index is 12.9. The van der Waals surface area contributed by atoms with Gasteiger partial charge in [0.15, 0.2) is 0 Å². The monoisotopic (exact) mass is 439 g/mol. The van der Waals surface area contributed by atoms with E-state index >= 15 is 0 Å². The third-order valence-electron chi connectivity index (χ3n) is 5.48. The van der Waals surface area contributed by atoms with Crippen LogP contribution in [0.25, 0.3) is 5.65 Å². The molecule has 0 bridgehead atoms. The zero-order valence-corrected chi connectivity index (χ0v) is 18.3. The Morgan fingerprint density at radius 2 is 2.00 bits per heavy atom. The van der Waals surface area contributed by atoms with E-state index in [4.69, 9.17) is 0 Å². The average molecular weight is 440 g/mol. The van der Waals surface area contributed by atoms with Crippen LogP contribution in [0.3, 0.4) is 0 Å². The highest BCUT2D eigenvalue weighted by Crippen LogP contribution is 2.24. The third kappa shape index (κ3) is 4.32. The standard InChI is InChI=1S/C22H25N5O3S/c1-3-15(2)20(25-21-17-8-4-5-9-18(17)31(29,30)26-21)22(28)23-12-11-16-14-27-13-7-6-10-19(27)24-16/h4-10,13-15,20H,3,11-12H2,1-2H3,(H,23,28)(H,25,26)/t15-,20-/m0/s1. The van der Waals surface area contributed by atoms with Crippen molar-refractivity contribution in [2.45, 2.75) is 37.6 Å². The number of amides is 1. The molecule has 3 aromatic rings. The molecule has 1 aromatic carbocycles. The van der Waals surface area contributed by atoms with E-state index in [1.54, 1.807) is 18.2 Å². The minimum absolute atomic E-state index is 0.0556. The van der Waals surface area contributed by atoms with Crippen molar-refractivity contribution in [1.82, 2.24) is 19.4 Å². The Kier molecular flexibility index (Phi) is 5.77. The summed E-state index contributed by atoms with van der Waals surface area (Å²) in [6, 6.07) is 11.7. The molecular formula is C22H25N5O3S. The van der Waals surface area contributed by atoms with Crippen molar-refractivity contribution in [3.05, 3.63) is 66.1 Å². The van der Waals surface area contributed by atoms with Crippen molar-refractivity contribution in [2.24, 2.45) is 10.9 Å². The fourth-order valence-electron chi connectivity index (χ4n) is 3.56. The van der Waals surface area contributed by atoms with E-state index in [9.17, 15) is 13.2 Å². The Balaban J connectivity index is 1.49. The lowest BCUT2D eigenvalue weighted by Crippen LogP contribution is -2.40. The zero-order valence-electron chi connectivity index (χ0n) is 17.4. The molecule has 1 amide bonds. The van der Waals surface area contributed by atoms with E-state index in [0.717, 1.165) is 17.8 Å². The van der Waals surface area contributed by atoms with Gasteiger partial charge in [0.2, 0.25) is 5.91 Å². The molecule has 2 atom stereocenters. The number of imidazole rings is 1. The van der Waals surface area contributed by atoms with Crippen LogP contribution in [0.5, 0.6) is 0 Å². The molecule has 2 N–H and O–H groups in total. The van der Waals surface area contributed by atoms with Gasteiger partial charge in [-0.25, -0.2) is 13.4 Å². The molecule has 31 heavy (non-hydrogen) atoms. The number of hydrogen-bond acceptors (Lipinski definition) is 5. The van der Waals surface area contributed by atoms with Crippen molar-refractivity contribution in [2.75, 3.05) is 6.54 Å². The Morgan fingerprint density at radius 1 is 1.23 bits per heavy atom. The summed E-state index contributed by atoms with van der Waals surface area (Å²) < 4.78 is 29.1. The van der Waals surface area contributed by atoms with Gasteiger partial charge < -0.3 is 9.72 Å². The molecule has 0 saturated heterocycles. The molecule has 0 aliphatic carbocycles. The summed E-state index contributed by atoms with van der Waals surface area (Å²) in [4.78, 5) is 22.2. The first-order valence-corrected chi connectivity index (χ1v) is 11.8. The second kappa shape index (κ2) is 8.50. The summed E-state index contributed by atoms with van der Waals surface area (Å²) in [7, 11) is -3.65. The number of aliphatic imine (C=N–C) groups is 1. The molecule has 1 aliphatic rings. The van der Waals surface area contributed by atoms with E-state index in [2.05, 4.69) is 20.0 Å². The van der Waals surface area contributed by atoms with Crippen molar-refractivity contribution in [3.63, 3.8) is 0 Å². The molecule has 162 valence electrons. The van der Waals surface area contributed by atoms with E-state index in [0.29, 0.717) is 18.5 Å². The number of nitrogens with zero attached hydrogens (tertiary/aromatic N) is 3. The predicted octanol–water partition coefficient (Wildman–Crippen LogP) is 2.15. The molecule has 0 unspecified atom stereocenters. The summed E-state index contributed by atoms with van der Waals surface area (Å²) in [6.07, 6.45) is 5.19. The normalized spacial score (nSPS) is 17.8. The topological polar surface area (TPSA) is 105 Å². The van der Waals surface area contributed by atoms with Gasteiger partial charge in [-0.3, -0.25) is 14.5 Å². The van der Waals surface area contributed by atoms with E-state index < -0.39 is 16.1 Å². The summed E-state index contributed by atoms with van der Waals surface area (Å²) in [5, 5.41) is 2.94. The van der Waals surface area contributed by atoms with Crippen LogP contribution in [0.1, 0.15) is 31.5 Å². The number of hydrogen-bond donors (Lipinski definition) is 2. The van der Waals surface area contributed by atoms with Crippen molar-refractivity contribution in [1.29, 1.82) is 0 Å². The largest absolute Gasteiger partial charge is 0.354 e. The number of carbonyl (C=O) groups is 1. The van der Waals surface area contributed by atoms with Crippen LogP contribution in [0.2, 0.25) is 0 Å². The first-order chi connectivity index (χ1) is 14.9. The molecule has 2 aromatic heterocycles. The first-order valence-electron chi connectivity index (χ1n) is 10.3. The average Bonchev–Trinajstić information content (AvgIpc) is 3.29. The Bertz CT molecular complexity index is 1220. The van der Waals surface area contributed by atoms with Crippen LogP contribution < -0.4 is 10.0 Å². The van der Waals surface area contributed by atoms with Gasteiger partial charge in [0, 0.05) is 30.9 Å². The van der Waals surface area contributed by atoms with Crippen molar-refractivity contribution >= 4 is 27.4 Å². The van der Waals surface area contributed by atoms with E-state index in [-0.39, 0.29) is 22.6 Å². The number of nitrogens with one attached hydrogen (secondary N) is 2. The number of aromatic nitrogens is 2. The van der Waals surface area contributed by atoms with Gasteiger partial charge >= 0.3 is 0 Å². The molecule has 0 fully saturated rings. The van der Waals surface area contributed by atoms with Crippen LogP contribution in [0.15, 0.2) is 64.7 Å². The second-order valence-electron chi connectivity index (χ2n) is 7.65. The molecule has 0 radical (unpaired) electrons. The number of sulfonamides is 1. The zero-order chi connectivity index (χ0) is 22.0. The van der Waals surface area contributed by atoms with Gasteiger partial charge in [0.25, 0.3) is 10.0 Å². The summed E-state index contributed by atoms with van der Waals surface area (Å²) in [5.74, 6) is -0.0643. The highest BCUT2D eigenvalue weighted by atomic mass is 32.2. The number of pyridine rings is 1. The lowest BCUT2D eigenvalue weighted by atomic mass is 9.98. The molecule has 9 heteroatoms. The maximum atomic E-state index is 12.9. The van der Waals surface area contributed by atoms with Crippen LogP contribution in [-0.4, -0.2) is 42.1 Å². The SMILES string of the molecule is CC[C@H](C)[C@H](N=C1NS(=O)(=O)c2ccccc21)C(=O)NCCc1cn2ccccc2n1. The van der Waals surface area contributed by atoms with Crippen LogP contribution in [0.4, 0.5) is 0 Å². The van der Waals surface area contributed by atoms with Crippen LogP contribution in [0, 0.1) is 5.92 Å². The van der Waals surface area contributed by atoms with Gasteiger partial charge in [-0.15, -0.1) is 0 Å². The molecule has 0 spiro atoms. The lowest BCUT2D eigenvalue weighted by molar-refractivity contribution is -0.123. The molecule has 8 nitrogen and oxygen atoms in total. The van der Waals surface area contributed by atoms with Gasteiger partial charge in [-0.2, -0.15) is 0 Å². The summed E-state index contributed by atoms with van der Waals surface area (Å²) >= 11 is 0. The van der Waals surface area contributed by atoms with Gasteiger partial charge in [0.05, 0.1) is 10.6 Å². The molecule has 0 saturated carbocycles. The quantitative estimate of drug-likeness (QED) is 0.588. The van der Waals surface area contributed by atoms with Crippen LogP contribution in [-0.2, 0) is 21.2 Å². The molecular weight excluding hydrogens is 414 g/mol. The van der Waals surface area contributed by atoms with E-state index in [1.165, 1.54) is 6.07 Å². The minimum Gasteiger partial charge on any atom is -0.354 e. The number of benzene rings is 1. The summed E-state index contributed by atoms with van der Waals surface area (Å²) in [5.41, 5.74) is 2.24. The number of carbonyl (C=O) groups excluding carboxylic acids is 1. The van der Waals surface area contributed by atoms with Gasteiger partial charge in [-0.1, -0.05) is 38.5 Å². The van der Waals surface area contributed by atoms with Crippen molar-refractivity contribution in [3.8, 4) is 0 Å². The molecule has 4 rings (SSSR count). The molecule has 1 aliphatic heterocycles. The Hall–Kier alpha value is -3.20. The van der Waals surface area contributed by atoms with E-state index in [1.807, 2.05) is 48.8 Å². The highest BCUT2D eigenvalue weighted by Gasteiger charge is 2.33. The Morgan fingerprint density at radius 3 is 2.77 bits per heavy atom. The number of fused-ring (bicyclic) bond motifs is 2. The van der Waals surface area contributed by atoms with Crippen molar-refractivity contribution < 1.29 is 13.2 Å². The van der Waals surface area contributed by atoms with Gasteiger partial charge in [0.1, 0.15) is 17.5 Å².